The minimum atomic E-state index is 0.553. The second kappa shape index (κ2) is 6.90. The van der Waals surface area contributed by atoms with Gasteiger partial charge in [0.15, 0.2) is 5.13 Å². The van der Waals surface area contributed by atoms with Crippen molar-refractivity contribution in [3.05, 3.63) is 57.1 Å². The lowest BCUT2D eigenvalue weighted by atomic mass is 10.3. The predicted molar refractivity (Wildman–Crippen MR) is 110 cm³/mol. The Bertz CT molecular complexity index is 1110. The number of benzene rings is 1. The van der Waals surface area contributed by atoms with E-state index < -0.39 is 0 Å². The van der Waals surface area contributed by atoms with Crippen LogP contribution >= 0.6 is 38.9 Å². The molecule has 1 N–H and O–H groups in total. The Labute approximate surface area is 167 Å². The first-order valence-corrected chi connectivity index (χ1v) is 9.81. The zero-order valence-electron chi connectivity index (χ0n) is 14.0. The number of nitrogens with one attached hydrogen (secondary N) is 1. The molecule has 0 saturated carbocycles. The summed E-state index contributed by atoms with van der Waals surface area (Å²) in [6.45, 7) is 1.99. The van der Waals surface area contributed by atoms with Gasteiger partial charge < -0.3 is 10.1 Å². The molecule has 26 heavy (non-hydrogen) atoms. The molecular weight excluding hydrogens is 436 g/mol. The number of fused-ring (bicyclic) bond motifs is 1. The Hall–Kier alpha value is -2.09. The third-order valence-electron chi connectivity index (χ3n) is 3.91. The number of thiazole rings is 1. The van der Waals surface area contributed by atoms with Gasteiger partial charge in [-0.3, -0.25) is 4.40 Å². The summed E-state index contributed by atoms with van der Waals surface area (Å²) in [6.07, 6.45) is 2.00. The number of imidazole rings is 1. The van der Waals surface area contributed by atoms with Gasteiger partial charge in [-0.15, -0.1) is 11.3 Å². The molecule has 0 aliphatic rings. The maximum absolute atomic E-state index is 6.19. The molecule has 0 fully saturated rings. The van der Waals surface area contributed by atoms with Crippen LogP contribution in [0.1, 0.15) is 5.69 Å². The summed E-state index contributed by atoms with van der Waals surface area (Å²) >= 11 is 11.2. The summed E-state index contributed by atoms with van der Waals surface area (Å²) in [5.41, 5.74) is 4.55. The quantitative estimate of drug-likeness (QED) is 0.419. The van der Waals surface area contributed by atoms with Gasteiger partial charge in [-0.1, -0.05) is 11.6 Å². The molecule has 1 aromatic carbocycles. The first-order valence-electron chi connectivity index (χ1n) is 7.76. The van der Waals surface area contributed by atoms with Crippen LogP contribution in [-0.2, 0) is 0 Å². The Kier molecular flexibility index (Phi) is 4.60. The Morgan fingerprint density at radius 1 is 1.23 bits per heavy atom. The van der Waals surface area contributed by atoms with Crippen molar-refractivity contribution in [2.45, 2.75) is 6.92 Å². The average molecular weight is 450 g/mol. The van der Waals surface area contributed by atoms with Crippen LogP contribution in [0.5, 0.6) is 5.75 Å². The zero-order chi connectivity index (χ0) is 18.3. The second-order valence-electron chi connectivity index (χ2n) is 5.63. The second-order valence-corrected chi connectivity index (χ2v) is 7.81. The average Bonchev–Trinajstić information content (AvgIpc) is 3.18. The maximum atomic E-state index is 6.19. The topological polar surface area (TPSA) is 51.5 Å². The molecule has 0 unspecified atom stereocenters. The molecule has 0 aliphatic carbocycles. The van der Waals surface area contributed by atoms with Gasteiger partial charge >= 0.3 is 0 Å². The number of methoxy groups -OCH3 is 1. The van der Waals surface area contributed by atoms with Crippen molar-refractivity contribution in [3.63, 3.8) is 0 Å². The van der Waals surface area contributed by atoms with Gasteiger partial charge in [0.25, 0.3) is 0 Å². The summed E-state index contributed by atoms with van der Waals surface area (Å²) < 4.78 is 8.22. The van der Waals surface area contributed by atoms with Crippen LogP contribution in [0.2, 0.25) is 5.02 Å². The molecule has 4 rings (SSSR count). The zero-order valence-corrected chi connectivity index (χ0v) is 17.1. The molecule has 0 bridgehead atoms. The number of aryl methyl sites for hydroxylation is 1. The normalized spacial score (nSPS) is 11.1. The number of nitrogens with zero attached hydrogens (tertiary/aromatic N) is 3. The van der Waals surface area contributed by atoms with Crippen molar-refractivity contribution >= 4 is 55.3 Å². The minimum absolute atomic E-state index is 0.553. The number of aromatic nitrogens is 3. The maximum Gasteiger partial charge on any atom is 0.187 e. The molecule has 0 atom stereocenters. The molecule has 5 nitrogen and oxygen atoms in total. The lowest BCUT2D eigenvalue weighted by molar-refractivity contribution is 0.415. The monoisotopic (exact) mass is 448 g/mol. The van der Waals surface area contributed by atoms with Gasteiger partial charge in [0, 0.05) is 21.7 Å². The first-order chi connectivity index (χ1) is 12.5. The molecule has 0 radical (unpaired) electrons. The third-order valence-corrected chi connectivity index (χ3v) is 5.43. The van der Waals surface area contributed by atoms with E-state index in [1.54, 1.807) is 7.11 Å². The van der Waals surface area contributed by atoms with E-state index in [9.17, 15) is 0 Å². The van der Waals surface area contributed by atoms with E-state index in [1.165, 1.54) is 11.3 Å². The highest BCUT2D eigenvalue weighted by atomic mass is 79.9. The third kappa shape index (κ3) is 3.18. The van der Waals surface area contributed by atoms with Crippen LogP contribution < -0.4 is 10.1 Å². The summed E-state index contributed by atoms with van der Waals surface area (Å²) in [5.74, 6) is 0.643. The van der Waals surface area contributed by atoms with Crippen molar-refractivity contribution in [2.24, 2.45) is 0 Å². The predicted octanol–water partition coefficient (Wildman–Crippen LogP) is 5.93. The fourth-order valence-electron chi connectivity index (χ4n) is 2.75. The van der Waals surface area contributed by atoms with Gasteiger partial charge in [0.1, 0.15) is 17.1 Å². The molecule has 3 aromatic heterocycles. The molecule has 3 heterocycles. The van der Waals surface area contributed by atoms with Gasteiger partial charge in [0.2, 0.25) is 0 Å². The van der Waals surface area contributed by atoms with Crippen molar-refractivity contribution in [1.29, 1.82) is 0 Å². The highest BCUT2D eigenvalue weighted by Crippen LogP contribution is 2.32. The summed E-state index contributed by atoms with van der Waals surface area (Å²) in [7, 11) is 1.60. The number of pyridine rings is 1. The van der Waals surface area contributed by atoms with Crippen LogP contribution in [0.25, 0.3) is 17.0 Å². The fraction of sp³-hybridized carbons (Fsp3) is 0.111. The van der Waals surface area contributed by atoms with Crippen molar-refractivity contribution in [1.82, 2.24) is 14.4 Å². The number of hydrogen-bond acceptors (Lipinski definition) is 5. The van der Waals surface area contributed by atoms with E-state index in [-0.39, 0.29) is 0 Å². The minimum Gasteiger partial charge on any atom is -0.495 e. The van der Waals surface area contributed by atoms with E-state index in [4.69, 9.17) is 21.3 Å². The number of anilines is 2. The molecule has 0 aliphatic heterocycles. The first kappa shape index (κ1) is 17.3. The van der Waals surface area contributed by atoms with E-state index in [1.807, 2.05) is 53.2 Å². The number of halogens is 2. The fourth-order valence-corrected chi connectivity index (χ4v) is 4.06. The number of ether oxygens (including phenoxy) is 1. The highest BCUT2D eigenvalue weighted by molar-refractivity contribution is 9.10. The van der Waals surface area contributed by atoms with Crippen molar-refractivity contribution in [2.75, 3.05) is 12.4 Å². The largest absolute Gasteiger partial charge is 0.495 e. The Morgan fingerprint density at radius 3 is 2.85 bits per heavy atom. The van der Waals surface area contributed by atoms with Crippen molar-refractivity contribution in [3.8, 4) is 17.1 Å². The van der Waals surface area contributed by atoms with E-state index in [2.05, 4.69) is 26.2 Å². The smallest absolute Gasteiger partial charge is 0.187 e. The standard InChI is InChI=1S/C18H14BrClN4OS/c1-10-17(24-8-11(19)3-6-16(24)21-10)14-9-26-18(23-14)22-12-4-5-15(25-2)13(20)7-12/h3-9H,1-2H3,(H,22,23). The summed E-state index contributed by atoms with van der Waals surface area (Å²) in [4.78, 5) is 9.33. The highest BCUT2D eigenvalue weighted by Gasteiger charge is 2.15. The lowest BCUT2D eigenvalue weighted by Gasteiger charge is -2.06. The van der Waals surface area contributed by atoms with Gasteiger partial charge in [-0.2, -0.15) is 0 Å². The van der Waals surface area contributed by atoms with Crippen LogP contribution in [0.3, 0.4) is 0 Å². The Morgan fingerprint density at radius 2 is 2.08 bits per heavy atom. The van der Waals surface area contributed by atoms with Gasteiger partial charge in [-0.05, 0) is 53.2 Å². The summed E-state index contributed by atoms with van der Waals surface area (Å²) in [6, 6.07) is 9.50. The van der Waals surface area contributed by atoms with E-state index in [0.29, 0.717) is 10.8 Å². The molecule has 0 spiro atoms. The number of rotatable bonds is 4. The molecule has 8 heteroatoms. The SMILES string of the molecule is COc1ccc(Nc2nc(-c3c(C)nc4ccc(Br)cn34)cs2)cc1Cl. The molecular formula is C18H14BrClN4OS. The summed E-state index contributed by atoms with van der Waals surface area (Å²) in [5, 5.41) is 6.64. The number of hydrogen-bond donors (Lipinski definition) is 1. The molecule has 4 aromatic rings. The van der Waals surface area contributed by atoms with Crippen LogP contribution in [0, 0.1) is 6.92 Å². The lowest BCUT2D eigenvalue weighted by Crippen LogP contribution is -1.93. The molecule has 0 amide bonds. The van der Waals surface area contributed by atoms with E-state index in [0.717, 1.165) is 38.0 Å². The van der Waals surface area contributed by atoms with Crippen LogP contribution in [0.15, 0.2) is 46.4 Å². The Balaban J connectivity index is 1.68. The van der Waals surface area contributed by atoms with Crippen molar-refractivity contribution < 1.29 is 4.74 Å². The molecule has 132 valence electrons. The van der Waals surface area contributed by atoms with Gasteiger partial charge in [-0.25, -0.2) is 9.97 Å². The van der Waals surface area contributed by atoms with E-state index >= 15 is 0 Å². The molecule has 0 saturated heterocycles. The van der Waals surface area contributed by atoms with Gasteiger partial charge in [0.05, 0.1) is 23.5 Å². The van der Waals surface area contributed by atoms with Crippen LogP contribution in [0.4, 0.5) is 10.8 Å². The van der Waals surface area contributed by atoms with Crippen LogP contribution in [-0.4, -0.2) is 21.5 Å².